The van der Waals surface area contributed by atoms with Gasteiger partial charge in [0.05, 0.1) is 17.2 Å². The number of nitrogens with one attached hydrogen (secondary N) is 1. The summed E-state index contributed by atoms with van der Waals surface area (Å²) in [7, 11) is 0. The Balaban J connectivity index is 1.43. The number of carbonyl (C=O) groups is 1. The zero-order valence-corrected chi connectivity index (χ0v) is 24.3. The third-order valence-corrected chi connectivity index (χ3v) is 8.74. The van der Waals surface area contributed by atoms with E-state index >= 15 is 0 Å². The van der Waals surface area contributed by atoms with Crippen LogP contribution in [0.4, 0.5) is 4.79 Å². The van der Waals surface area contributed by atoms with Crippen LogP contribution >= 0.6 is 0 Å². The predicted molar refractivity (Wildman–Crippen MR) is 170 cm³/mol. The van der Waals surface area contributed by atoms with Gasteiger partial charge in [-0.25, -0.2) is 9.59 Å². The van der Waals surface area contributed by atoms with Gasteiger partial charge in [-0.15, -0.1) is 0 Å². The number of likely N-dealkylation sites (tertiary alicyclic amines) is 1. The number of hydrogen-bond donors (Lipinski definition) is 2. The number of hydrogen-bond acceptors (Lipinski definition) is 3. The number of rotatable bonds is 10. The molecule has 7 heteroatoms. The normalized spacial score (nSPS) is 18.7. The van der Waals surface area contributed by atoms with E-state index in [9.17, 15) is 14.7 Å². The number of benzene rings is 4. The lowest BCUT2D eigenvalue weighted by atomic mass is 9.83. The Morgan fingerprint density at radius 2 is 1.35 bits per heavy atom. The molecule has 43 heavy (non-hydrogen) atoms. The largest absolute Gasteiger partial charge is 0.465 e. The highest BCUT2D eigenvalue weighted by Crippen LogP contribution is 2.40. The van der Waals surface area contributed by atoms with Crippen molar-refractivity contribution in [2.75, 3.05) is 6.54 Å². The molecule has 5 aromatic rings. The molecule has 4 aromatic carbocycles. The molecule has 0 radical (unpaired) electrons. The number of H-pyrrole nitrogens is 1. The summed E-state index contributed by atoms with van der Waals surface area (Å²) in [6.45, 7) is 1.54. The van der Waals surface area contributed by atoms with Gasteiger partial charge >= 0.3 is 11.8 Å². The summed E-state index contributed by atoms with van der Waals surface area (Å²) in [6, 6.07) is 38.5. The van der Waals surface area contributed by atoms with E-state index in [1.54, 1.807) is 4.90 Å². The van der Waals surface area contributed by atoms with Gasteiger partial charge in [0, 0.05) is 31.6 Å². The van der Waals surface area contributed by atoms with E-state index in [4.69, 9.17) is 0 Å². The molecular weight excluding hydrogens is 536 g/mol. The number of aromatic nitrogens is 2. The minimum absolute atomic E-state index is 0.113. The summed E-state index contributed by atoms with van der Waals surface area (Å²) in [5, 5.41) is 10.6. The fourth-order valence-corrected chi connectivity index (χ4v) is 6.86. The number of aromatic amines is 1. The Hall–Kier alpha value is -4.62. The number of piperidine rings is 1. The van der Waals surface area contributed by atoms with Crippen LogP contribution in [-0.4, -0.2) is 43.3 Å². The van der Waals surface area contributed by atoms with E-state index in [0.717, 1.165) is 41.4 Å². The zero-order chi connectivity index (χ0) is 29.6. The first-order valence-corrected chi connectivity index (χ1v) is 15.1. The number of imidazole rings is 1. The van der Waals surface area contributed by atoms with E-state index in [1.165, 1.54) is 5.56 Å². The van der Waals surface area contributed by atoms with Gasteiger partial charge in [0.25, 0.3) is 0 Å². The van der Waals surface area contributed by atoms with Crippen molar-refractivity contribution >= 4 is 17.1 Å². The van der Waals surface area contributed by atoms with Crippen LogP contribution < -0.4 is 5.69 Å². The Morgan fingerprint density at radius 1 is 0.791 bits per heavy atom. The van der Waals surface area contributed by atoms with Crippen LogP contribution in [0.15, 0.2) is 120 Å². The molecule has 1 unspecified atom stereocenters. The van der Waals surface area contributed by atoms with Crippen LogP contribution in [0.5, 0.6) is 0 Å². The molecule has 0 bridgehead atoms. The quantitative estimate of drug-likeness (QED) is 0.190. The first-order chi connectivity index (χ1) is 21.1. The molecule has 6 rings (SSSR count). The summed E-state index contributed by atoms with van der Waals surface area (Å²) in [6.07, 6.45) is 1.79. The highest BCUT2D eigenvalue weighted by molar-refractivity contribution is 5.75. The number of aryl methyl sites for hydroxylation is 1. The first-order valence-electron chi connectivity index (χ1n) is 15.1. The standard InChI is InChI=1S/C36H38N4O3/c41-35-37-31-21-10-11-22-33(31)40(35)32-23-24-39(36(42)43)34(30(32)20-12-19-27-13-4-1-5-14-27)38(25-28-15-6-2-7-16-28)26-29-17-8-3-9-18-29/h1-11,13-18,21-22,30,32,34H,12,19-20,23-26H2,(H,37,41)(H,42,43)/t30?,32-,34-/m0/s1. The number of para-hydroxylation sites is 2. The Bertz CT molecular complexity index is 1640. The van der Waals surface area contributed by atoms with Crippen molar-refractivity contribution in [3.05, 3.63) is 142 Å². The summed E-state index contributed by atoms with van der Waals surface area (Å²) in [5.41, 5.74) is 5.04. The topological polar surface area (TPSA) is 81.6 Å². The summed E-state index contributed by atoms with van der Waals surface area (Å²) >= 11 is 0. The Morgan fingerprint density at radius 3 is 1.95 bits per heavy atom. The van der Waals surface area contributed by atoms with Crippen molar-refractivity contribution < 1.29 is 9.90 Å². The Labute approximate surface area is 252 Å². The molecule has 220 valence electrons. The van der Waals surface area contributed by atoms with Crippen molar-refractivity contribution in [1.82, 2.24) is 19.4 Å². The average Bonchev–Trinajstić information content (AvgIpc) is 3.37. The van der Waals surface area contributed by atoms with Crippen molar-refractivity contribution in [1.29, 1.82) is 0 Å². The number of nitrogens with zero attached hydrogens (tertiary/aromatic N) is 3. The molecule has 0 spiro atoms. The molecule has 1 aromatic heterocycles. The zero-order valence-electron chi connectivity index (χ0n) is 24.3. The van der Waals surface area contributed by atoms with Crippen LogP contribution in [0.2, 0.25) is 0 Å². The SMILES string of the molecule is O=C(O)N1CC[C@H](n2c(=O)[nH]c3ccccc32)C(CCCc2ccccc2)[C@H]1N(Cc1ccccc1)Cc1ccccc1. The molecule has 1 fully saturated rings. The smallest absolute Gasteiger partial charge is 0.408 e. The van der Waals surface area contributed by atoms with Gasteiger partial charge in [0.15, 0.2) is 0 Å². The lowest BCUT2D eigenvalue weighted by molar-refractivity contribution is -0.0491. The van der Waals surface area contributed by atoms with Gasteiger partial charge < -0.3 is 10.1 Å². The van der Waals surface area contributed by atoms with E-state index in [1.807, 2.05) is 71.3 Å². The van der Waals surface area contributed by atoms with Crippen molar-refractivity contribution in [3.63, 3.8) is 0 Å². The van der Waals surface area contributed by atoms with Crippen LogP contribution in [0.1, 0.15) is 42.0 Å². The molecule has 0 saturated carbocycles. The highest BCUT2D eigenvalue weighted by atomic mass is 16.4. The minimum Gasteiger partial charge on any atom is -0.465 e. The first kappa shape index (κ1) is 28.5. The van der Waals surface area contributed by atoms with Crippen LogP contribution in [0, 0.1) is 5.92 Å². The van der Waals surface area contributed by atoms with Crippen LogP contribution in [-0.2, 0) is 19.5 Å². The third-order valence-electron chi connectivity index (χ3n) is 8.74. The maximum Gasteiger partial charge on any atom is 0.408 e. The van der Waals surface area contributed by atoms with Gasteiger partial charge in [-0.1, -0.05) is 103 Å². The number of fused-ring (bicyclic) bond motifs is 1. The fraction of sp³-hybridized carbons (Fsp3) is 0.278. The summed E-state index contributed by atoms with van der Waals surface area (Å²) < 4.78 is 1.90. The van der Waals surface area contributed by atoms with Crippen molar-refractivity contribution in [2.24, 2.45) is 5.92 Å². The molecule has 1 saturated heterocycles. The second-order valence-corrected chi connectivity index (χ2v) is 11.5. The van der Waals surface area contributed by atoms with E-state index in [-0.39, 0.29) is 17.6 Å². The molecule has 7 nitrogen and oxygen atoms in total. The number of carboxylic acid groups (broad SMARTS) is 1. The van der Waals surface area contributed by atoms with Gasteiger partial charge in [0.2, 0.25) is 0 Å². The highest BCUT2D eigenvalue weighted by Gasteiger charge is 2.44. The molecule has 2 heterocycles. The van der Waals surface area contributed by atoms with Crippen LogP contribution in [0.25, 0.3) is 11.0 Å². The van der Waals surface area contributed by atoms with Gasteiger partial charge in [0.1, 0.15) is 0 Å². The summed E-state index contributed by atoms with van der Waals surface area (Å²) in [4.78, 5) is 33.4. The number of amides is 1. The van der Waals surface area contributed by atoms with E-state index < -0.39 is 12.3 Å². The third kappa shape index (κ3) is 6.42. The maximum absolute atomic E-state index is 13.5. The minimum atomic E-state index is -0.922. The molecule has 3 atom stereocenters. The van der Waals surface area contributed by atoms with Crippen molar-refractivity contribution in [3.8, 4) is 0 Å². The summed E-state index contributed by atoms with van der Waals surface area (Å²) in [5.74, 6) is -0.113. The molecule has 2 N–H and O–H groups in total. The lowest BCUT2D eigenvalue weighted by Gasteiger charge is -2.49. The predicted octanol–water partition coefficient (Wildman–Crippen LogP) is 6.92. The van der Waals surface area contributed by atoms with Crippen LogP contribution in [0.3, 0.4) is 0 Å². The maximum atomic E-state index is 13.5. The molecule has 1 aliphatic rings. The monoisotopic (exact) mass is 574 g/mol. The molecule has 1 aliphatic heterocycles. The van der Waals surface area contributed by atoms with Gasteiger partial charge in [-0.3, -0.25) is 14.4 Å². The fourth-order valence-electron chi connectivity index (χ4n) is 6.86. The van der Waals surface area contributed by atoms with Gasteiger partial charge in [-0.2, -0.15) is 0 Å². The van der Waals surface area contributed by atoms with Crippen molar-refractivity contribution in [2.45, 2.75) is 51.0 Å². The van der Waals surface area contributed by atoms with E-state index in [0.29, 0.717) is 26.1 Å². The Kier molecular flexibility index (Phi) is 8.70. The molecule has 0 aliphatic carbocycles. The van der Waals surface area contributed by atoms with E-state index in [2.05, 4.69) is 58.4 Å². The molecular formula is C36H38N4O3. The van der Waals surface area contributed by atoms with Gasteiger partial charge in [-0.05, 0) is 54.5 Å². The lowest BCUT2D eigenvalue weighted by Crippen LogP contribution is -2.59. The second-order valence-electron chi connectivity index (χ2n) is 11.5. The second kappa shape index (κ2) is 13.1. The molecule has 1 amide bonds. The average molecular weight is 575 g/mol.